The number of nitrogens with zero attached hydrogens (tertiary/aromatic N) is 3. The number of benzene rings is 2. The van der Waals surface area contributed by atoms with Crippen molar-refractivity contribution in [2.45, 2.75) is 6.54 Å². The van der Waals surface area contributed by atoms with Crippen LogP contribution in [-0.2, 0) is 6.54 Å². The molecule has 3 aromatic rings. The molecule has 0 atom stereocenters. The van der Waals surface area contributed by atoms with E-state index in [1.54, 1.807) is 19.8 Å². The molecular formula is C16H15N3O. The second-order valence-corrected chi connectivity index (χ2v) is 4.52. The lowest BCUT2D eigenvalue weighted by atomic mass is 10.0. The minimum absolute atomic E-state index is 0.726. The van der Waals surface area contributed by atoms with E-state index in [1.807, 2.05) is 16.8 Å². The molecule has 1 heterocycles. The fourth-order valence-electron chi connectivity index (χ4n) is 2.13. The third-order valence-corrected chi connectivity index (χ3v) is 3.16. The Kier molecular flexibility index (Phi) is 3.46. The summed E-state index contributed by atoms with van der Waals surface area (Å²) >= 11 is 0. The molecule has 0 saturated carbocycles. The Morgan fingerprint density at radius 2 is 1.90 bits per heavy atom. The predicted molar refractivity (Wildman–Crippen MR) is 77.6 cm³/mol. The van der Waals surface area contributed by atoms with E-state index in [9.17, 15) is 0 Å². The van der Waals surface area contributed by atoms with Crippen LogP contribution in [-0.4, -0.2) is 21.9 Å². The highest BCUT2D eigenvalue weighted by atomic mass is 16.5. The molecule has 0 N–H and O–H groups in total. The molecule has 1 aromatic heterocycles. The number of rotatable bonds is 4. The van der Waals surface area contributed by atoms with E-state index in [0.717, 1.165) is 12.3 Å². The largest absolute Gasteiger partial charge is 0.497 e. The molecule has 20 heavy (non-hydrogen) atoms. The molecular weight excluding hydrogens is 250 g/mol. The van der Waals surface area contributed by atoms with Gasteiger partial charge in [0.25, 0.3) is 0 Å². The Hall–Kier alpha value is -2.62. The predicted octanol–water partition coefficient (Wildman–Crippen LogP) is 3.00. The Morgan fingerprint density at radius 1 is 1.05 bits per heavy atom. The van der Waals surface area contributed by atoms with Gasteiger partial charge in [-0.05, 0) is 34.9 Å². The van der Waals surface area contributed by atoms with Crippen LogP contribution >= 0.6 is 0 Å². The van der Waals surface area contributed by atoms with Gasteiger partial charge in [0, 0.05) is 0 Å². The average molecular weight is 265 g/mol. The maximum absolute atomic E-state index is 5.18. The quantitative estimate of drug-likeness (QED) is 0.728. The fraction of sp³-hybridized carbons (Fsp3) is 0.125. The van der Waals surface area contributed by atoms with E-state index < -0.39 is 0 Å². The molecule has 3 rings (SSSR count). The molecule has 4 heteroatoms. The van der Waals surface area contributed by atoms with Crippen LogP contribution < -0.4 is 4.74 Å². The summed E-state index contributed by atoms with van der Waals surface area (Å²) in [4.78, 5) is 3.96. The lowest BCUT2D eigenvalue weighted by Gasteiger charge is -2.07. The number of aromatic nitrogens is 3. The number of ether oxygens (including phenoxy) is 1. The molecule has 100 valence electrons. The van der Waals surface area contributed by atoms with E-state index >= 15 is 0 Å². The van der Waals surface area contributed by atoms with Crippen LogP contribution in [0.4, 0.5) is 0 Å². The Balaban J connectivity index is 1.86. The van der Waals surface area contributed by atoms with Crippen molar-refractivity contribution < 1.29 is 4.74 Å². The van der Waals surface area contributed by atoms with E-state index in [-0.39, 0.29) is 0 Å². The first-order valence-corrected chi connectivity index (χ1v) is 6.41. The van der Waals surface area contributed by atoms with Crippen molar-refractivity contribution in [2.75, 3.05) is 7.11 Å². The van der Waals surface area contributed by atoms with Crippen molar-refractivity contribution in [3.05, 3.63) is 66.7 Å². The monoisotopic (exact) mass is 265 g/mol. The summed E-state index contributed by atoms with van der Waals surface area (Å²) in [5.74, 6) is 0.868. The van der Waals surface area contributed by atoms with E-state index in [1.165, 1.54) is 16.7 Å². The molecule has 0 aliphatic heterocycles. The second kappa shape index (κ2) is 5.57. The summed E-state index contributed by atoms with van der Waals surface area (Å²) in [5.41, 5.74) is 3.56. The lowest BCUT2D eigenvalue weighted by Crippen LogP contribution is -1.99. The zero-order chi connectivity index (χ0) is 13.8. The minimum Gasteiger partial charge on any atom is -0.497 e. The molecule has 0 bridgehead atoms. The minimum atomic E-state index is 0.726. The van der Waals surface area contributed by atoms with Crippen LogP contribution in [0.3, 0.4) is 0 Å². The first kappa shape index (κ1) is 12.4. The Morgan fingerprint density at radius 3 is 2.60 bits per heavy atom. The molecule has 0 radical (unpaired) electrons. The van der Waals surface area contributed by atoms with Gasteiger partial charge in [0.05, 0.1) is 13.7 Å². The van der Waals surface area contributed by atoms with Crippen LogP contribution in [0, 0.1) is 0 Å². The van der Waals surface area contributed by atoms with Gasteiger partial charge >= 0.3 is 0 Å². The molecule has 0 aliphatic carbocycles. The number of methoxy groups -OCH3 is 1. The van der Waals surface area contributed by atoms with E-state index in [0.29, 0.717) is 0 Å². The molecule has 0 spiro atoms. The van der Waals surface area contributed by atoms with Crippen molar-refractivity contribution in [1.82, 2.24) is 14.8 Å². The lowest BCUT2D eigenvalue weighted by molar-refractivity contribution is 0.415. The summed E-state index contributed by atoms with van der Waals surface area (Å²) < 4.78 is 6.99. The Labute approximate surface area is 117 Å². The smallest absolute Gasteiger partial charge is 0.137 e. The van der Waals surface area contributed by atoms with Crippen LogP contribution in [0.1, 0.15) is 5.56 Å². The molecule has 0 fully saturated rings. The molecule has 0 saturated heterocycles. The van der Waals surface area contributed by atoms with Gasteiger partial charge in [-0.2, -0.15) is 5.10 Å². The van der Waals surface area contributed by atoms with Crippen LogP contribution in [0.15, 0.2) is 61.2 Å². The van der Waals surface area contributed by atoms with Crippen LogP contribution in [0.25, 0.3) is 11.1 Å². The second-order valence-electron chi connectivity index (χ2n) is 4.52. The van der Waals surface area contributed by atoms with Crippen molar-refractivity contribution in [2.24, 2.45) is 0 Å². The van der Waals surface area contributed by atoms with Gasteiger partial charge in [-0.25, -0.2) is 9.67 Å². The fourth-order valence-corrected chi connectivity index (χ4v) is 2.13. The zero-order valence-electron chi connectivity index (χ0n) is 11.2. The highest BCUT2D eigenvalue weighted by molar-refractivity contribution is 5.64. The van der Waals surface area contributed by atoms with Gasteiger partial charge in [-0.3, -0.25) is 0 Å². The van der Waals surface area contributed by atoms with Gasteiger partial charge in [-0.15, -0.1) is 0 Å². The normalized spacial score (nSPS) is 10.4. The topological polar surface area (TPSA) is 39.9 Å². The first-order valence-electron chi connectivity index (χ1n) is 6.41. The van der Waals surface area contributed by atoms with Gasteiger partial charge in [0.15, 0.2) is 0 Å². The summed E-state index contributed by atoms with van der Waals surface area (Å²) in [6, 6.07) is 16.5. The summed E-state index contributed by atoms with van der Waals surface area (Å²) in [6.07, 6.45) is 3.27. The van der Waals surface area contributed by atoms with Gasteiger partial charge < -0.3 is 4.74 Å². The van der Waals surface area contributed by atoms with Gasteiger partial charge in [0.2, 0.25) is 0 Å². The maximum atomic E-state index is 5.18. The SMILES string of the molecule is COc1ccc(-c2cccc(Cn3cncn3)c2)cc1. The third-order valence-electron chi connectivity index (χ3n) is 3.16. The highest BCUT2D eigenvalue weighted by Gasteiger charge is 2.01. The first-order chi connectivity index (χ1) is 9.85. The van der Waals surface area contributed by atoms with Gasteiger partial charge in [-0.1, -0.05) is 30.3 Å². The van der Waals surface area contributed by atoms with E-state index in [2.05, 4.69) is 46.5 Å². The van der Waals surface area contributed by atoms with Crippen LogP contribution in [0.2, 0.25) is 0 Å². The summed E-state index contributed by atoms with van der Waals surface area (Å²) in [5, 5.41) is 4.13. The van der Waals surface area contributed by atoms with Gasteiger partial charge in [0.1, 0.15) is 18.4 Å². The van der Waals surface area contributed by atoms with E-state index in [4.69, 9.17) is 4.74 Å². The van der Waals surface area contributed by atoms with Crippen molar-refractivity contribution in [3.8, 4) is 16.9 Å². The van der Waals surface area contributed by atoms with Crippen molar-refractivity contribution in [1.29, 1.82) is 0 Å². The number of hydrogen-bond donors (Lipinski definition) is 0. The molecule has 0 aliphatic rings. The molecule has 0 unspecified atom stereocenters. The zero-order valence-corrected chi connectivity index (χ0v) is 11.2. The number of hydrogen-bond acceptors (Lipinski definition) is 3. The van der Waals surface area contributed by atoms with Crippen LogP contribution in [0.5, 0.6) is 5.75 Å². The molecule has 4 nitrogen and oxygen atoms in total. The standard InChI is InChI=1S/C16H15N3O/c1-20-16-7-5-14(6-8-16)15-4-2-3-13(9-15)10-19-12-17-11-18-19/h2-9,11-12H,10H2,1H3. The molecule has 0 amide bonds. The molecule has 2 aromatic carbocycles. The maximum Gasteiger partial charge on any atom is 0.137 e. The third kappa shape index (κ3) is 2.69. The average Bonchev–Trinajstić information content (AvgIpc) is 3.01. The summed E-state index contributed by atoms with van der Waals surface area (Å²) in [7, 11) is 1.67. The summed E-state index contributed by atoms with van der Waals surface area (Å²) in [6.45, 7) is 0.726. The highest BCUT2D eigenvalue weighted by Crippen LogP contribution is 2.23. The Bertz CT molecular complexity index is 675. The van der Waals surface area contributed by atoms with Crippen molar-refractivity contribution >= 4 is 0 Å². The van der Waals surface area contributed by atoms with Crippen molar-refractivity contribution in [3.63, 3.8) is 0 Å².